The summed E-state index contributed by atoms with van der Waals surface area (Å²) in [4.78, 5) is 6.90. The zero-order chi connectivity index (χ0) is 17.7. The van der Waals surface area contributed by atoms with Gasteiger partial charge in [-0.2, -0.15) is 11.8 Å². The van der Waals surface area contributed by atoms with Crippen LogP contribution in [-0.2, 0) is 6.42 Å². The van der Waals surface area contributed by atoms with E-state index in [1.165, 1.54) is 6.07 Å². The largest absolute Gasteiger partial charge is 0.368 e. The zero-order valence-electron chi connectivity index (χ0n) is 13.9. The van der Waals surface area contributed by atoms with Crippen LogP contribution < -0.4 is 4.90 Å². The lowest BCUT2D eigenvalue weighted by Gasteiger charge is -2.40. The van der Waals surface area contributed by atoms with Gasteiger partial charge in [0.05, 0.1) is 22.1 Å². The van der Waals surface area contributed by atoms with Crippen LogP contribution in [0.25, 0.3) is 0 Å². The zero-order valence-corrected chi connectivity index (χ0v) is 15.5. The van der Waals surface area contributed by atoms with Crippen molar-refractivity contribution in [3.8, 4) is 0 Å². The summed E-state index contributed by atoms with van der Waals surface area (Å²) in [7, 11) is 0. The van der Waals surface area contributed by atoms with Crippen LogP contribution >= 0.6 is 23.4 Å². The molecule has 0 bridgehead atoms. The number of aryl methyl sites for hydroxylation is 1. The van der Waals surface area contributed by atoms with Gasteiger partial charge in [0.25, 0.3) is 0 Å². The van der Waals surface area contributed by atoms with Crippen LogP contribution in [0, 0.1) is 18.6 Å². The number of benzene rings is 2. The molecule has 0 aliphatic carbocycles. The Morgan fingerprint density at radius 2 is 1.96 bits per heavy atom. The van der Waals surface area contributed by atoms with Crippen molar-refractivity contribution < 1.29 is 8.78 Å². The summed E-state index contributed by atoms with van der Waals surface area (Å²) in [5, 5.41) is 1.37. The van der Waals surface area contributed by atoms with Crippen LogP contribution in [0.15, 0.2) is 29.3 Å². The second kappa shape index (κ2) is 6.29. The summed E-state index contributed by atoms with van der Waals surface area (Å²) < 4.78 is 27.2. The van der Waals surface area contributed by atoms with E-state index >= 15 is 0 Å². The van der Waals surface area contributed by atoms with Crippen LogP contribution in [0.2, 0.25) is 5.02 Å². The molecule has 2 aromatic rings. The lowest BCUT2D eigenvalue weighted by atomic mass is 10.0. The minimum absolute atomic E-state index is 0.288. The molecule has 0 amide bonds. The molecule has 2 aliphatic rings. The molecule has 0 atom stereocenters. The van der Waals surface area contributed by atoms with Gasteiger partial charge in [-0.15, -0.1) is 0 Å². The molecule has 2 nitrogen and oxygen atoms in total. The highest BCUT2D eigenvalue weighted by atomic mass is 35.5. The molecule has 130 valence electrons. The fourth-order valence-corrected chi connectivity index (χ4v) is 4.25. The third kappa shape index (κ3) is 2.93. The normalized spacial score (nSPS) is 16.7. The molecule has 6 heteroatoms. The number of halogens is 3. The molecule has 2 aliphatic heterocycles. The SMILES string of the molecule is CSC1CN(c2cc3c(cc2Cl)CC(c2cc(C)c(F)c(F)c2)=N3)C1. The minimum Gasteiger partial charge on any atom is -0.368 e. The van der Waals surface area contributed by atoms with Gasteiger partial charge in [0.2, 0.25) is 0 Å². The Balaban J connectivity index is 1.65. The number of aliphatic imine (C=N–C) groups is 1. The van der Waals surface area contributed by atoms with E-state index in [9.17, 15) is 8.78 Å². The Morgan fingerprint density at radius 3 is 2.64 bits per heavy atom. The second-order valence-electron chi connectivity index (χ2n) is 6.52. The molecule has 0 aromatic heterocycles. The second-order valence-corrected chi connectivity index (χ2v) is 8.06. The van der Waals surface area contributed by atoms with Crippen molar-refractivity contribution >= 4 is 40.4 Å². The highest BCUT2D eigenvalue weighted by Gasteiger charge is 2.29. The van der Waals surface area contributed by atoms with Crippen molar-refractivity contribution in [2.75, 3.05) is 24.2 Å². The van der Waals surface area contributed by atoms with Crippen LogP contribution in [0.3, 0.4) is 0 Å². The Labute approximate surface area is 154 Å². The first-order valence-corrected chi connectivity index (χ1v) is 9.76. The Hall–Kier alpha value is -1.59. The lowest BCUT2D eigenvalue weighted by Crippen LogP contribution is -2.49. The molecule has 2 heterocycles. The van der Waals surface area contributed by atoms with Crippen LogP contribution in [-0.4, -0.2) is 30.3 Å². The van der Waals surface area contributed by atoms with E-state index in [1.54, 1.807) is 13.0 Å². The highest BCUT2D eigenvalue weighted by molar-refractivity contribution is 7.99. The number of rotatable bonds is 3. The van der Waals surface area contributed by atoms with Gasteiger partial charge >= 0.3 is 0 Å². The van der Waals surface area contributed by atoms with E-state index in [0.29, 0.717) is 17.2 Å². The van der Waals surface area contributed by atoms with E-state index in [0.717, 1.165) is 40.8 Å². The third-order valence-electron chi connectivity index (χ3n) is 4.83. The first-order chi connectivity index (χ1) is 12.0. The number of anilines is 1. The van der Waals surface area contributed by atoms with Gasteiger partial charge in [-0.25, -0.2) is 8.78 Å². The molecule has 4 rings (SSSR count). The highest BCUT2D eigenvalue weighted by Crippen LogP contribution is 2.40. The predicted molar refractivity (Wildman–Crippen MR) is 102 cm³/mol. The van der Waals surface area contributed by atoms with Crippen LogP contribution in [0.1, 0.15) is 16.7 Å². The standard InChI is InChI=1S/C19H17ClF2N2S/c1-10-3-11(5-15(21)19(10)22)16-6-12-4-14(20)18(7-17(12)23-16)24-8-13(9-24)25-2/h3-5,7,13H,6,8-9H2,1-2H3. The van der Waals surface area contributed by atoms with Crippen molar-refractivity contribution in [2.45, 2.75) is 18.6 Å². The molecule has 2 aromatic carbocycles. The minimum atomic E-state index is -0.837. The average Bonchev–Trinajstić information content (AvgIpc) is 2.94. The maximum atomic E-state index is 13.7. The van der Waals surface area contributed by atoms with E-state index in [2.05, 4.69) is 16.1 Å². The first-order valence-electron chi connectivity index (χ1n) is 8.10. The summed E-state index contributed by atoms with van der Waals surface area (Å²) in [6.07, 6.45) is 2.69. The van der Waals surface area contributed by atoms with Crippen LogP contribution in [0.4, 0.5) is 20.2 Å². The van der Waals surface area contributed by atoms with Gasteiger partial charge in [0.15, 0.2) is 11.6 Å². The Kier molecular flexibility index (Phi) is 4.24. The number of thioether (sulfide) groups is 1. The maximum Gasteiger partial charge on any atom is 0.161 e. The molecule has 0 radical (unpaired) electrons. The molecular weight excluding hydrogens is 362 g/mol. The summed E-state index contributed by atoms with van der Waals surface area (Å²) in [5.41, 5.74) is 4.54. The summed E-state index contributed by atoms with van der Waals surface area (Å²) in [5.74, 6) is -1.64. The van der Waals surface area contributed by atoms with E-state index in [4.69, 9.17) is 11.6 Å². The number of hydrogen-bond acceptors (Lipinski definition) is 3. The van der Waals surface area contributed by atoms with Crippen LogP contribution in [0.5, 0.6) is 0 Å². The van der Waals surface area contributed by atoms with Crippen molar-refractivity contribution in [1.29, 1.82) is 0 Å². The molecule has 25 heavy (non-hydrogen) atoms. The molecule has 0 spiro atoms. The van der Waals surface area contributed by atoms with E-state index in [-0.39, 0.29) is 5.56 Å². The molecule has 0 unspecified atom stereocenters. The summed E-state index contributed by atoms with van der Waals surface area (Å²) in [6, 6.07) is 6.81. The molecule has 1 fully saturated rings. The Bertz CT molecular complexity index is 868. The summed E-state index contributed by atoms with van der Waals surface area (Å²) >= 11 is 8.33. The van der Waals surface area contributed by atoms with E-state index < -0.39 is 11.6 Å². The fraction of sp³-hybridized carbons (Fsp3) is 0.316. The van der Waals surface area contributed by atoms with Gasteiger partial charge in [-0.05, 0) is 54.1 Å². The average molecular weight is 379 g/mol. The predicted octanol–water partition coefficient (Wildman–Crippen LogP) is 5.16. The number of hydrogen-bond donors (Lipinski definition) is 0. The number of nitrogens with zero attached hydrogens (tertiary/aromatic N) is 2. The molecule has 1 saturated heterocycles. The van der Waals surface area contributed by atoms with Gasteiger partial charge in [0, 0.05) is 24.8 Å². The Morgan fingerprint density at radius 1 is 1.20 bits per heavy atom. The monoisotopic (exact) mass is 378 g/mol. The topological polar surface area (TPSA) is 15.6 Å². The molecule has 0 N–H and O–H groups in total. The van der Waals surface area contributed by atoms with Gasteiger partial charge in [-0.1, -0.05) is 11.6 Å². The van der Waals surface area contributed by atoms with Crippen molar-refractivity contribution in [1.82, 2.24) is 0 Å². The summed E-state index contributed by atoms with van der Waals surface area (Å²) in [6.45, 7) is 3.53. The molecule has 0 saturated carbocycles. The lowest BCUT2D eigenvalue weighted by molar-refractivity contribution is 0.503. The smallest absolute Gasteiger partial charge is 0.161 e. The van der Waals surface area contributed by atoms with Gasteiger partial charge in [-0.3, -0.25) is 4.99 Å². The van der Waals surface area contributed by atoms with Crippen molar-refractivity contribution in [2.24, 2.45) is 4.99 Å². The number of fused-ring (bicyclic) bond motifs is 1. The first kappa shape index (κ1) is 16.9. The van der Waals surface area contributed by atoms with Crippen molar-refractivity contribution in [3.63, 3.8) is 0 Å². The fourth-order valence-electron chi connectivity index (χ4n) is 3.29. The van der Waals surface area contributed by atoms with E-state index in [1.807, 2.05) is 23.9 Å². The van der Waals surface area contributed by atoms with Crippen molar-refractivity contribution in [3.05, 3.63) is 57.6 Å². The van der Waals surface area contributed by atoms with Gasteiger partial charge < -0.3 is 4.90 Å². The molecular formula is C19H17ClF2N2S. The third-order valence-corrected chi connectivity index (χ3v) is 6.09. The van der Waals surface area contributed by atoms with Gasteiger partial charge in [0.1, 0.15) is 0 Å². The quantitative estimate of drug-likeness (QED) is 0.733. The maximum absolute atomic E-state index is 13.7.